The van der Waals surface area contributed by atoms with E-state index in [1.807, 2.05) is 36.1 Å². The van der Waals surface area contributed by atoms with Gasteiger partial charge in [0.15, 0.2) is 0 Å². The third-order valence-corrected chi connectivity index (χ3v) is 4.90. The minimum Gasteiger partial charge on any atom is -0.312 e. The van der Waals surface area contributed by atoms with Gasteiger partial charge in [-0.05, 0) is 61.4 Å². The third kappa shape index (κ3) is 2.87. The highest BCUT2D eigenvalue weighted by Crippen LogP contribution is 2.32. The Morgan fingerprint density at radius 3 is 2.72 bits per heavy atom. The molecule has 0 spiro atoms. The molecule has 126 valence electrons. The van der Waals surface area contributed by atoms with Gasteiger partial charge in [0.1, 0.15) is 5.82 Å². The van der Waals surface area contributed by atoms with Crippen LogP contribution in [0.5, 0.6) is 0 Å². The summed E-state index contributed by atoms with van der Waals surface area (Å²) in [6.07, 6.45) is 1.51. The normalized spacial score (nSPS) is 14.5. The zero-order chi connectivity index (χ0) is 17.6. The number of aromatic nitrogens is 1. The quantitative estimate of drug-likeness (QED) is 0.639. The maximum atomic E-state index is 13.3. The maximum absolute atomic E-state index is 13.3. The lowest BCUT2D eigenvalue weighted by molar-refractivity contribution is -0.117. The molecule has 25 heavy (non-hydrogen) atoms. The largest absolute Gasteiger partial charge is 0.312 e. The zero-order valence-electron chi connectivity index (χ0n) is 13.7. The number of anilines is 1. The third-order valence-electron chi connectivity index (χ3n) is 4.59. The molecule has 2 heterocycles. The van der Waals surface area contributed by atoms with Crippen LogP contribution in [-0.4, -0.2) is 17.4 Å². The van der Waals surface area contributed by atoms with Crippen LogP contribution in [0.25, 0.3) is 22.2 Å². The molecule has 1 aliphatic rings. The van der Waals surface area contributed by atoms with Crippen LogP contribution in [0.1, 0.15) is 18.4 Å². The molecule has 5 heteroatoms. The van der Waals surface area contributed by atoms with E-state index in [1.165, 1.54) is 12.1 Å². The fourth-order valence-electron chi connectivity index (χ4n) is 3.31. The molecule has 0 radical (unpaired) electrons. The van der Waals surface area contributed by atoms with Gasteiger partial charge in [-0.25, -0.2) is 9.37 Å². The molecular weight excluding hydrogens is 339 g/mol. The Bertz CT molecular complexity index is 1000. The highest BCUT2D eigenvalue weighted by atomic mass is 35.5. The lowest BCUT2D eigenvalue weighted by Crippen LogP contribution is -2.23. The minimum absolute atomic E-state index is 0.166. The number of nitrogens with zero attached hydrogens (tertiary/aromatic N) is 2. The Labute approximate surface area is 150 Å². The van der Waals surface area contributed by atoms with E-state index >= 15 is 0 Å². The van der Waals surface area contributed by atoms with Crippen molar-refractivity contribution in [3.63, 3.8) is 0 Å². The smallest absolute Gasteiger partial charge is 0.227 e. The summed E-state index contributed by atoms with van der Waals surface area (Å²) in [7, 11) is 0. The fraction of sp³-hybridized carbons (Fsp3) is 0.200. The van der Waals surface area contributed by atoms with Crippen molar-refractivity contribution in [3.8, 4) is 11.3 Å². The van der Waals surface area contributed by atoms with Gasteiger partial charge < -0.3 is 4.90 Å². The molecule has 4 rings (SSSR count). The van der Waals surface area contributed by atoms with Gasteiger partial charge in [-0.2, -0.15) is 0 Å². The molecule has 1 aromatic heterocycles. The number of fused-ring (bicyclic) bond motifs is 1. The van der Waals surface area contributed by atoms with Crippen LogP contribution in [0.4, 0.5) is 10.1 Å². The average Bonchev–Trinajstić information content (AvgIpc) is 3.00. The van der Waals surface area contributed by atoms with Gasteiger partial charge in [0.05, 0.1) is 16.2 Å². The van der Waals surface area contributed by atoms with E-state index in [9.17, 15) is 9.18 Å². The Kier molecular flexibility index (Phi) is 3.92. The average molecular weight is 355 g/mol. The van der Waals surface area contributed by atoms with E-state index < -0.39 is 0 Å². The zero-order valence-corrected chi connectivity index (χ0v) is 14.5. The summed E-state index contributed by atoms with van der Waals surface area (Å²) in [4.78, 5) is 18.5. The highest BCUT2D eigenvalue weighted by molar-refractivity contribution is 6.33. The van der Waals surface area contributed by atoms with Crippen LogP contribution in [0.3, 0.4) is 0 Å². The summed E-state index contributed by atoms with van der Waals surface area (Å²) in [6.45, 7) is 2.76. The van der Waals surface area contributed by atoms with Gasteiger partial charge in [0, 0.05) is 29.6 Å². The molecule has 0 saturated carbocycles. The number of amides is 1. The van der Waals surface area contributed by atoms with Crippen molar-refractivity contribution in [1.82, 2.24) is 4.98 Å². The first-order valence-corrected chi connectivity index (χ1v) is 8.58. The summed E-state index contributed by atoms with van der Waals surface area (Å²) < 4.78 is 13.3. The number of carbonyl (C=O) groups is 1. The van der Waals surface area contributed by atoms with Gasteiger partial charge in [0.25, 0.3) is 0 Å². The summed E-state index contributed by atoms with van der Waals surface area (Å²) in [5.74, 6) is -0.203. The molecule has 0 N–H and O–H groups in total. The number of rotatable bonds is 2. The first-order valence-electron chi connectivity index (χ1n) is 8.20. The van der Waals surface area contributed by atoms with E-state index in [0.29, 0.717) is 22.7 Å². The molecule has 0 bridgehead atoms. The highest BCUT2D eigenvalue weighted by Gasteiger charge is 2.22. The van der Waals surface area contributed by atoms with Gasteiger partial charge >= 0.3 is 0 Å². The number of carbonyl (C=O) groups excluding carboxylic acids is 1. The Balaban J connectivity index is 1.81. The maximum Gasteiger partial charge on any atom is 0.227 e. The molecule has 1 amide bonds. The Hall–Kier alpha value is -2.46. The molecular formula is C20H16ClFN2O. The van der Waals surface area contributed by atoms with Crippen molar-refractivity contribution < 1.29 is 9.18 Å². The standard InChI is InChI=1S/C20H16ClFN2O/c1-12-9-19(15-6-4-13(22)10-17(15)21)23-18-7-5-14(11-16(12)18)24-8-2-3-20(24)25/h4-7,9-11H,2-3,8H2,1H3. The fourth-order valence-corrected chi connectivity index (χ4v) is 3.57. The van der Waals surface area contributed by atoms with E-state index in [-0.39, 0.29) is 11.7 Å². The molecule has 3 aromatic rings. The van der Waals surface area contributed by atoms with Gasteiger partial charge in [-0.15, -0.1) is 0 Å². The number of aryl methyl sites for hydroxylation is 1. The van der Waals surface area contributed by atoms with Gasteiger partial charge in [-0.1, -0.05) is 11.6 Å². The molecule has 0 atom stereocenters. The summed E-state index contributed by atoms with van der Waals surface area (Å²) in [5.41, 5.74) is 4.18. The van der Waals surface area contributed by atoms with Crippen molar-refractivity contribution in [1.29, 1.82) is 0 Å². The number of hydrogen-bond acceptors (Lipinski definition) is 2. The first kappa shape index (κ1) is 16.0. The van der Waals surface area contributed by atoms with Gasteiger partial charge in [-0.3, -0.25) is 4.79 Å². The van der Waals surface area contributed by atoms with Crippen LogP contribution in [-0.2, 0) is 4.79 Å². The number of benzene rings is 2. The predicted molar refractivity (Wildman–Crippen MR) is 98.5 cm³/mol. The minimum atomic E-state index is -0.369. The van der Waals surface area contributed by atoms with E-state index in [1.54, 1.807) is 6.07 Å². The first-order chi connectivity index (χ1) is 12.0. The van der Waals surface area contributed by atoms with Crippen LogP contribution in [0.2, 0.25) is 5.02 Å². The summed E-state index contributed by atoms with van der Waals surface area (Å²) >= 11 is 6.17. The Morgan fingerprint density at radius 1 is 1.16 bits per heavy atom. The SMILES string of the molecule is Cc1cc(-c2ccc(F)cc2Cl)nc2ccc(N3CCCC3=O)cc12. The lowest BCUT2D eigenvalue weighted by Gasteiger charge is -2.17. The monoisotopic (exact) mass is 354 g/mol. The van der Waals surface area contributed by atoms with Crippen molar-refractivity contribution >= 4 is 34.1 Å². The second kappa shape index (κ2) is 6.12. The molecule has 2 aromatic carbocycles. The summed E-state index contributed by atoms with van der Waals surface area (Å²) in [5, 5.41) is 1.34. The topological polar surface area (TPSA) is 33.2 Å². The molecule has 0 aliphatic carbocycles. The summed E-state index contributed by atoms with van der Waals surface area (Å²) in [6, 6.07) is 12.1. The second-order valence-corrected chi connectivity index (χ2v) is 6.71. The second-order valence-electron chi connectivity index (χ2n) is 6.30. The molecule has 1 saturated heterocycles. The molecule has 3 nitrogen and oxygen atoms in total. The van der Waals surface area contributed by atoms with Crippen LogP contribution in [0.15, 0.2) is 42.5 Å². The van der Waals surface area contributed by atoms with Gasteiger partial charge in [0.2, 0.25) is 5.91 Å². The number of halogens is 2. The van der Waals surface area contributed by atoms with E-state index in [0.717, 1.165) is 35.1 Å². The van der Waals surface area contributed by atoms with E-state index in [2.05, 4.69) is 4.98 Å². The van der Waals surface area contributed by atoms with Crippen molar-refractivity contribution in [2.24, 2.45) is 0 Å². The number of hydrogen-bond donors (Lipinski definition) is 0. The van der Waals surface area contributed by atoms with Crippen LogP contribution >= 0.6 is 11.6 Å². The number of pyridine rings is 1. The lowest BCUT2D eigenvalue weighted by atomic mass is 10.0. The molecule has 1 fully saturated rings. The van der Waals surface area contributed by atoms with Crippen LogP contribution < -0.4 is 4.90 Å². The Morgan fingerprint density at radius 2 is 2.00 bits per heavy atom. The van der Waals surface area contributed by atoms with Crippen molar-refractivity contribution in [2.45, 2.75) is 19.8 Å². The van der Waals surface area contributed by atoms with Crippen LogP contribution in [0, 0.1) is 12.7 Å². The molecule has 1 aliphatic heterocycles. The molecule has 0 unspecified atom stereocenters. The van der Waals surface area contributed by atoms with Crippen molar-refractivity contribution in [3.05, 3.63) is 58.9 Å². The predicted octanol–water partition coefficient (Wildman–Crippen LogP) is 5.13. The van der Waals surface area contributed by atoms with Crippen molar-refractivity contribution in [2.75, 3.05) is 11.4 Å². The van der Waals surface area contributed by atoms with E-state index in [4.69, 9.17) is 11.6 Å².